The molecule has 0 atom stereocenters. The molecule has 4 rings (SSSR count). The molecule has 0 fully saturated rings. The number of nitrogens with one attached hydrogen (secondary N) is 1. The molecule has 0 saturated heterocycles. The summed E-state index contributed by atoms with van der Waals surface area (Å²) in [5, 5.41) is 5.62. The summed E-state index contributed by atoms with van der Waals surface area (Å²) in [5.74, 6) is -0.0541. The van der Waals surface area contributed by atoms with Gasteiger partial charge in [-0.1, -0.05) is 52.5 Å². The lowest BCUT2D eigenvalue weighted by Gasteiger charge is -2.10. The van der Waals surface area contributed by atoms with Crippen molar-refractivity contribution in [3.05, 3.63) is 121 Å². The van der Waals surface area contributed by atoms with Gasteiger partial charge in [-0.2, -0.15) is 5.10 Å². The molecule has 0 bridgehead atoms. The Morgan fingerprint density at radius 2 is 1.52 bits per heavy atom. The van der Waals surface area contributed by atoms with Crippen LogP contribution in [0.2, 0.25) is 20.1 Å². The first-order valence-corrected chi connectivity index (χ1v) is 13.1. The molecular weight excluding hydrogens is 598 g/mol. The number of carbonyl (C=O) groups is 2. The lowest BCUT2D eigenvalue weighted by molar-refractivity contribution is 0.0729. The van der Waals surface area contributed by atoms with Gasteiger partial charge in [0.1, 0.15) is 12.4 Å². The number of ether oxygens (including phenoxy) is 3. The number of halogens is 4. The second-order valence-electron chi connectivity index (χ2n) is 8.17. The van der Waals surface area contributed by atoms with Crippen molar-refractivity contribution in [1.29, 1.82) is 0 Å². The van der Waals surface area contributed by atoms with E-state index in [0.29, 0.717) is 31.9 Å². The van der Waals surface area contributed by atoms with E-state index in [9.17, 15) is 9.59 Å². The van der Waals surface area contributed by atoms with Gasteiger partial charge < -0.3 is 14.2 Å². The third kappa shape index (κ3) is 7.67. The van der Waals surface area contributed by atoms with E-state index in [1.165, 1.54) is 31.5 Å². The van der Waals surface area contributed by atoms with Crippen LogP contribution in [-0.2, 0) is 6.61 Å². The first kappa shape index (κ1) is 29.2. The summed E-state index contributed by atoms with van der Waals surface area (Å²) in [4.78, 5) is 25.0. The molecule has 0 aliphatic heterocycles. The summed E-state index contributed by atoms with van der Waals surface area (Å²) in [6.07, 6.45) is 1.43. The van der Waals surface area contributed by atoms with Crippen LogP contribution in [0, 0.1) is 0 Å². The summed E-state index contributed by atoms with van der Waals surface area (Å²) in [6.45, 7) is 0.252. The smallest absolute Gasteiger partial charge is 0.345 e. The summed E-state index contributed by atoms with van der Waals surface area (Å²) in [5.41, 5.74) is 4.38. The molecule has 1 N–H and O–H groups in total. The highest BCUT2D eigenvalue weighted by atomic mass is 35.5. The lowest BCUT2D eigenvalue weighted by atomic mass is 10.2. The maximum absolute atomic E-state index is 12.5. The minimum Gasteiger partial charge on any atom is -0.493 e. The number of amides is 1. The molecule has 0 saturated carbocycles. The predicted octanol–water partition coefficient (Wildman–Crippen LogP) is 7.87. The first-order chi connectivity index (χ1) is 19.2. The third-order valence-electron chi connectivity index (χ3n) is 5.45. The highest BCUT2D eigenvalue weighted by molar-refractivity contribution is 6.36. The van der Waals surface area contributed by atoms with E-state index in [4.69, 9.17) is 60.6 Å². The average Bonchev–Trinajstić information content (AvgIpc) is 2.93. The first-order valence-electron chi connectivity index (χ1n) is 11.6. The molecule has 0 heterocycles. The maximum Gasteiger partial charge on any atom is 0.345 e. The van der Waals surface area contributed by atoms with Crippen LogP contribution >= 0.6 is 46.4 Å². The Bertz CT molecular complexity index is 1580. The number of benzene rings is 4. The standard InChI is InChI=1S/C29H20Cl4N2O5/c1-38-27-12-17(2-11-26(27)40-29(37)23-10-7-21(31)14-25(23)33)15-34-35-28(36)18-4-8-22(9-5-18)39-16-19-3-6-20(30)13-24(19)32/h2-15H,16H2,1H3,(H,35,36)/b34-15-. The van der Waals surface area contributed by atoms with Gasteiger partial charge in [-0.25, -0.2) is 10.2 Å². The molecule has 0 unspecified atom stereocenters. The number of methoxy groups -OCH3 is 1. The van der Waals surface area contributed by atoms with Gasteiger partial charge in [0.15, 0.2) is 11.5 Å². The van der Waals surface area contributed by atoms with Crippen molar-refractivity contribution >= 4 is 64.5 Å². The van der Waals surface area contributed by atoms with Crippen LogP contribution in [0.5, 0.6) is 17.2 Å². The van der Waals surface area contributed by atoms with Gasteiger partial charge in [0.05, 0.1) is 23.9 Å². The highest BCUT2D eigenvalue weighted by Gasteiger charge is 2.16. The molecule has 0 radical (unpaired) electrons. The maximum atomic E-state index is 12.5. The molecule has 0 spiro atoms. The van der Waals surface area contributed by atoms with Crippen LogP contribution in [0.4, 0.5) is 0 Å². The number of rotatable bonds is 9. The fourth-order valence-corrected chi connectivity index (χ4v) is 4.34. The highest BCUT2D eigenvalue weighted by Crippen LogP contribution is 2.30. The zero-order chi connectivity index (χ0) is 28.6. The Kier molecular flexibility index (Phi) is 9.90. The topological polar surface area (TPSA) is 86.2 Å². The van der Waals surface area contributed by atoms with E-state index in [0.717, 1.165) is 5.56 Å². The van der Waals surface area contributed by atoms with E-state index in [1.807, 2.05) is 0 Å². The average molecular weight is 618 g/mol. The molecule has 4 aromatic carbocycles. The third-order valence-corrected chi connectivity index (χ3v) is 6.58. The van der Waals surface area contributed by atoms with Crippen molar-refractivity contribution in [3.8, 4) is 17.2 Å². The number of carbonyl (C=O) groups excluding carboxylic acids is 2. The molecule has 4 aromatic rings. The van der Waals surface area contributed by atoms with Gasteiger partial charge in [0.25, 0.3) is 5.91 Å². The summed E-state index contributed by atoms with van der Waals surface area (Å²) < 4.78 is 16.5. The quantitative estimate of drug-likeness (QED) is 0.0894. The molecule has 1 amide bonds. The van der Waals surface area contributed by atoms with Gasteiger partial charge in [0, 0.05) is 26.2 Å². The molecule has 40 heavy (non-hydrogen) atoms. The zero-order valence-corrected chi connectivity index (χ0v) is 23.8. The fourth-order valence-electron chi connectivity index (χ4n) is 3.39. The van der Waals surface area contributed by atoms with Gasteiger partial charge in [-0.3, -0.25) is 4.79 Å². The van der Waals surface area contributed by atoms with Crippen LogP contribution in [0.1, 0.15) is 31.8 Å². The van der Waals surface area contributed by atoms with Crippen molar-refractivity contribution in [1.82, 2.24) is 5.43 Å². The second-order valence-corrected chi connectivity index (χ2v) is 9.86. The minimum absolute atomic E-state index is 0.159. The number of hydrogen-bond acceptors (Lipinski definition) is 6. The number of nitrogens with zero attached hydrogens (tertiary/aromatic N) is 1. The Labute approximate surface area is 250 Å². The normalized spacial score (nSPS) is 10.8. The van der Waals surface area contributed by atoms with E-state index in [1.54, 1.807) is 60.7 Å². The minimum atomic E-state index is -0.668. The van der Waals surface area contributed by atoms with Crippen molar-refractivity contribution in [2.75, 3.05) is 7.11 Å². The van der Waals surface area contributed by atoms with E-state index in [2.05, 4.69) is 10.5 Å². The lowest BCUT2D eigenvalue weighted by Crippen LogP contribution is -2.17. The van der Waals surface area contributed by atoms with Crippen LogP contribution in [0.25, 0.3) is 0 Å². The molecule has 11 heteroatoms. The van der Waals surface area contributed by atoms with Gasteiger partial charge in [-0.05, 0) is 78.4 Å². The van der Waals surface area contributed by atoms with Crippen molar-refractivity contribution in [2.45, 2.75) is 6.61 Å². The van der Waals surface area contributed by atoms with E-state index < -0.39 is 11.9 Å². The Morgan fingerprint density at radius 1 is 0.825 bits per heavy atom. The largest absolute Gasteiger partial charge is 0.493 e. The summed E-state index contributed by atoms with van der Waals surface area (Å²) in [6, 6.07) is 21.0. The van der Waals surface area contributed by atoms with Gasteiger partial charge in [-0.15, -0.1) is 0 Å². The van der Waals surface area contributed by atoms with E-state index >= 15 is 0 Å². The van der Waals surface area contributed by atoms with Gasteiger partial charge >= 0.3 is 5.97 Å². The van der Waals surface area contributed by atoms with Gasteiger partial charge in [0.2, 0.25) is 0 Å². The predicted molar refractivity (Wildman–Crippen MR) is 157 cm³/mol. The fraction of sp³-hybridized carbons (Fsp3) is 0.0690. The SMILES string of the molecule is COc1cc(/C=N\NC(=O)c2ccc(OCc3ccc(Cl)cc3Cl)cc2)ccc1OC(=O)c1ccc(Cl)cc1Cl. The number of hydrogen-bond donors (Lipinski definition) is 1. The Balaban J connectivity index is 1.33. The molecule has 0 aromatic heterocycles. The van der Waals surface area contributed by atoms with Crippen LogP contribution < -0.4 is 19.6 Å². The van der Waals surface area contributed by atoms with Crippen LogP contribution in [0.15, 0.2) is 84.0 Å². The summed E-state index contributed by atoms with van der Waals surface area (Å²) >= 11 is 24.1. The van der Waals surface area contributed by atoms with Crippen LogP contribution in [0.3, 0.4) is 0 Å². The van der Waals surface area contributed by atoms with Crippen molar-refractivity contribution in [2.24, 2.45) is 5.10 Å². The molecule has 0 aliphatic rings. The van der Waals surface area contributed by atoms with E-state index in [-0.39, 0.29) is 28.7 Å². The molecule has 0 aliphatic carbocycles. The summed E-state index contributed by atoms with van der Waals surface area (Å²) in [7, 11) is 1.43. The number of hydrazone groups is 1. The molecule has 7 nitrogen and oxygen atoms in total. The Morgan fingerprint density at radius 3 is 2.20 bits per heavy atom. The molecule has 204 valence electrons. The van der Waals surface area contributed by atoms with Crippen molar-refractivity contribution < 1.29 is 23.8 Å². The zero-order valence-electron chi connectivity index (χ0n) is 20.8. The van der Waals surface area contributed by atoms with Crippen LogP contribution in [-0.4, -0.2) is 25.2 Å². The Hall–Kier alpha value is -3.75. The number of esters is 1. The molecular formula is C29H20Cl4N2O5. The second kappa shape index (κ2) is 13.5. The van der Waals surface area contributed by atoms with Crippen molar-refractivity contribution in [3.63, 3.8) is 0 Å². The monoisotopic (exact) mass is 616 g/mol.